The van der Waals surface area contributed by atoms with Gasteiger partial charge in [0, 0.05) is 6.54 Å². The van der Waals surface area contributed by atoms with E-state index >= 15 is 0 Å². The number of halogens is 3. The van der Waals surface area contributed by atoms with E-state index in [4.69, 9.17) is 5.73 Å². The number of hydrogen-bond donors (Lipinski definition) is 2. The van der Waals surface area contributed by atoms with Gasteiger partial charge in [0.05, 0.1) is 11.1 Å². The molecule has 0 unspecified atom stereocenters. The Balaban J connectivity index is 0.000000583. The van der Waals surface area contributed by atoms with E-state index in [0.29, 0.717) is 5.56 Å². The van der Waals surface area contributed by atoms with Crippen LogP contribution in [0.25, 0.3) is 0 Å². The fraction of sp³-hybridized carbons (Fsp3) is 0.222. The maximum Gasteiger partial charge on any atom is 0.416 e. The summed E-state index contributed by atoms with van der Waals surface area (Å²) in [6, 6.07) is 4.82. The Morgan fingerprint density at radius 3 is 1.87 bits per heavy atom. The van der Waals surface area contributed by atoms with E-state index in [-0.39, 0.29) is 6.54 Å². The van der Waals surface area contributed by atoms with Crippen molar-refractivity contribution in [1.29, 1.82) is 0 Å². The maximum atomic E-state index is 12.0. The molecule has 0 aliphatic rings. The van der Waals surface area contributed by atoms with Crippen molar-refractivity contribution in [2.75, 3.05) is 0 Å². The maximum absolute atomic E-state index is 12.0. The zero-order valence-corrected chi connectivity index (χ0v) is 8.61. The highest BCUT2D eigenvalue weighted by molar-refractivity contribution is 7.78. The molecule has 0 aromatic heterocycles. The molecule has 6 heteroatoms. The fourth-order valence-electron chi connectivity index (χ4n) is 0.830. The van der Waals surface area contributed by atoms with Gasteiger partial charge in [-0.15, -0.1) is 0 Å². The molecular weight excluding hydrogens is 225 g/mol. The largest absolute Gasteiger partial charge is 0.416 e. The van der Waals surface area contributed by atoms with Gasteiger partial charge in [0.1, 0.15) is 0 Å². The predicted octanol–water partition coefficient (Wildman–Crippen LogP) is 2.07. The molecule has 1 rings (SSSR count). The molecule has 0 fully saturated rings. The van der Waals surface area contributed by atoms with Crippen LogP contribution in [0, 0.1) is 0 Å². The normalized spacial score (nSPS) is 10.1. The zero-order valence-electron chi connectivity index (χ0n) is 7.79. The van der Waals surface area contributed by atoms with Crippen molar-refractivity contribution < 1.29 is 13.2 Å². The predicted molar refractivity (Wildman–Crippen MR) is 57.2 cm³/mol. The molecule has 0 spiro atoms. The second-order valence-electron chi connectivity index (χ2n) is 2.53. The number of nitrogens with two attached hydrogens (primary N) is 2. The highest BCUT2D eigenvalue weighted by Gasteiger charge is 2.29. The zero-order chi connectivity index (χ0) is 11.9. The van der Waals surface area contributed by atoms with Crippen molar-refractivity contribution in [1.82, 2.24) is 0 Å². The first kappa shape index (κ1) is 13.9. The summed E-state index contributed by atoms with van der Waals surface area (Å²) in [7, 11) is 0. The van der Waals surface area contributed by atoms with E-state index in [2.05, 4.69) is 18.0 Å². The minimum Gasteiger partial charge on any atom is -0.396 e. The molecule has 0 saturated carbocycles. The first-order valence-corrected chi connectivity index (χ1v) is 4.44. The van der Waals surface area contributed by atoms with Crippen LogP contribution in [-0.4, -0.2) is 5.49 Å². The molecule has 0 heterocycles. The molecule has 0 aliphatic carbocycles. The number of alkyl halides is 3. The van der Waals surface area contributed by atoms with Crippen LogP contribution < -0.4 is 11.5 Å². The molecule has 0 aliphatic heterocycles. The van der Waals surface area contributed by atoms with Crippen LogP contribution in [0.1, 0.15) is 11.1 Å². The summed E-state index contributed by atoms with van der Waals surface area (Å²) in [5.41, 5.74) is 10.9. The molecular formula is C9H11F3N2S. The van der Waals surface area contributed by atoms with Gasteiger partial charge in [-0.25, -0.2) is 0 Å². The van der Waals surface area contributed by atoms with Crippen molar-refractivity contribution in [2.24, 2.45) is 11.5 Å². The molecule has 0 amide bonds. The highest BCUT2D eigenvalue weighted by Crippen LogP contribution is 2.28. The fourth-order valence-corrected chi connectivity index (χ4v) is 0.830. The monoisotopic (exact) mass is 236 g/mol. The van der Waals surface area contributed by atoms with Crippen LogP contribution in [-0.2, 0) is 12.7 Å². The van der Waals surface area contributed by atoms with Crippen LogP contribution in [0.4, 0.5) is 13.2 Å². The highest BCUT2D eigenvalue weighted by atomic mass is 32.1. The lowest BCUT2D eigenvalue weighted by atomic mass is 10.1. The third-order valence-corrected chi connectivity index (χ3v) is 1.52. The van der Waals surface area contributed by atoms with E-state index in [9.17, 15) is 13.2 Å². The topological polar surface area (TPSA) is 52.0 Å². The lowest BCUT2D eigenvalue weighted by molar-refractivity contribution is -0.137. The van der Waals surface area contributed by atoms with Gasteiger partial charge >= 0.3 is 6.18 Å². The van der Waals surface area contributed by atoms with Gasteiger partial charge in [-0.05, 0) is 17.7 Å². The Kier molecular flexibility index (Phi) is 5.88. The molecule has 0 atom stereocenters. The SMILES string of the molecule is NC=S.NCc1ccc(C(F)(F)F)cc1. The van der Waals surface area contributed by atoms with Crippen molar-refractivity contribution in [3.8, 4) is 0 Å². The van der Waals surface area contributed by atoms with Gasteiger partial charge in [-0.2, -0.15) is 13.2 Å². The average Bonchev–Trinajstić information content (AvgIpc) is 2.18. The first-order valence-electron chi connectivity index (χ1n) is 3.97. The Hall–Kier alpha value is -1.14. The lowest BCUT2D eigenvalue weighted by Gasteiger charge is -2.06. The Morgan fingerprint density at radius 2 is 1.60 bits per heavy atom. The lowest BCUT2D eigenvalue weighted by Crippen LogP contribution is -2.05. The number of rotatable bonds is 1. The average molecular weight is 236 g/mol. The summed E-state index contributed by atoms with van der Waals surface area (Å²) >= 11 is 4.05. The third kappa shape index (κ3) is 5.34. The Labute approximate surface area is 91.1 Å². The van der Waals surface area contributed by atoms with Gasteiger partial charge in [-0.3, -0.25) is 0 Å². The van der Waals surface area contributed by atoms with Crippen molar-refractivity contribution in [2.45, 2.75) is 12.7 Å². The molecule has 1 aromatic carbocycles. The summed E-state index contributed by atoms with van der Waals surface area (Å²) in [6.45, 7) is 0.262. The van der Waals surface area contributed by atoms with Crippen LogP contribution in [0.15, 0.2) is 24.3 Å². The van der Waals surface area contributed by atoms with Crippen LogP contribution in [0.2, 0.25) is 0 Å². The van der Waals surface area contributed by atoms with E-state index in [1.54, 1.807) is 0 Å². The van der Waals surface area contributed by atoms with Gasteiger partial charge < -0.3 is 11.5 Å². The minimum atomic E-state index is -4.26. The summed E-state index contributed by atoms with van der Waals surface area (Å²) in [6.07, 6.45) is -4.26. The molecule has 84 valence electrons. The Morgan fingerprint density at radius 1 is 1.20 bits per heavy atom. The van der Waals surface area contributed by atoms with Crippen LogP contribution >= 0.6 is 12.2 Å². The van der Waals surface area contributed by atoms with E-state index in [1.807, 2.05) is 0 Å². The summed E-state index contributed by atoms with van der Waals surface area (Å²) < 4.78 is 36.0. The molecule has 0 radical (unpaired) electrons. The molecule has 0 saturated heterocycles. The van der Waals surface area contributed by atoms with Crippen LogP contribution in [0.5, 0.6) is 0 Å². The number of hydrogen-bond acceptors (Lipinski definition) is 2. The number of benzene rings is 1. The molecule has 4 N–H and O–H groups in total. The second kappa shape index (κ2) is 6.36. The van der Waals surface area contributed by atoms with E-state index < -0.39 is 11.7 Å². The second-order valence-corrected chi connectivity index (χ2v) is 2.81. The molecule has 15 heavy (non-hydrogen) atoms. The molecule has 0 bridgehead atoms. The standard InChI is InChI=1S/C8H8F3N.CH3NS/c9-8(10,11)7-3-1-6(5-12)2-4-7;2-1-3/h1-4H,5,12H2;1H,(H2,2,3). The summed E-state index contributed by atoms with van der Waals surface area (Å²) in [5.74, 6) is 0. The van der Waals surface area contributed by atoms with Crippen molar-refractivity contribution >= 4 is 17.7 Å². The van der Waals surface area contributed by atoms with Gasteiger partial charge in [0.25, 0.3) is 0 Å². The Bertz CT molecular complexity index is 295. The molecule has 1 aromatic rings. The first-order chi connectivity index (χ1) is 6.95. The van der Waals surface area contributed by atoms with Gasteiger partial charge in [0.15, 0.2) is 0 Å². The quantitative estimate of drug-likeness (QED) is 0.734. The number of thiocarbonyl (C=S) groups is 1. The van der Waals surface area contributed by atoms with Gasteiger partial charge in [-0.1, -0.05) is 24.4 Å². The third-order valence-electron chi connectivity index (χ3n) is 1.52. The van der Waals surface area contributed by atoms with E-state index in [1.165, 1.54) is 12.1 Å². The smallest absolute Gasteiger partial charge is 0.396 e. The minimum absolute atomic E-state index is 0.262. The van der Waals surface area contributed by atoms with Gasteiger partial charge in [0.2, 0.25) is 0 Å². The van der Waals surface area contributed by atoms with Crippen LogP contribution in [0.3, 0.4) is 0 Å². The molecule has 2 nitrogen and oxygen atoms in total. The summed E-state index contributed by atoms with van der Waals surface area (Å²) in [4.78, 5) is 0. The summed E-state index contributed by atoms with van der Waals surface area (Å²) in [5, 5.41) is 0. The van der Waals surface area contributed by atoms with Crippen molar-refractivity contribution in [3.63, 3.8) is 0 Å². The van der Waals surface area contributed by atoms with E-state index in [0.717, 1.165) is 17.6 Å². The van der Waals surface area contributed by atoms with Crippen molar-refractivity contribution in [3.05, 3.63) is 35.4 Å².